The summed E-state index contributed by atoms with van der Waals surface area (Å²) in [5.74, 6) is -0.379. The normalized spacial score (nSPS) is 19.7. The van der Waals surface area contributed by atoms with Crippen molar-refractivity contribution in [3.05, 3.63) is 70.4 Å². The molecule has 0 aliphatic carbocycles. The fourth-order valence-corrected chi connectivity index (χ4v) is 3.36. The fraction of sp³-hybridized carbons (Fsp3) is 0.300. The molecule has 1 aromatic heterocycles. The molecule has 0 spiro atoms. The van der Waals surface area contributed by atoms with Gasteiger partial charge in [-0.1, -0.05) is 12.1 Å². The first kappa shape index (κ1) is 17.5. The van der Waals surface area contributed by atoms with Crippen molar-refractivity contribution in [3.8, 4) is 0 Å². The van der Waals surface area contributed by atoms with Crippen molar-refractivity contribution in [1.29, 1.82) is 0 Å². The number of anilines is 1. The van der Waals surface area contributed by atoms with E-state index < -0.39 is 12.2 Å². The summed E-state index contributed by atoms with van der Waals surface area (Å²) >= 11 is 0. The second-order valence-electron chi connectivity index (χ2n) is 6.53. The molecule has 1 saturated heterocycles. The third-order valence-electron chi connectivity index (χ3n) is 4.75. The topological polar surface area (TPSA) is 60.8 Å². The molecule has 140 valence electrons. The van der Waals surface area contributed by atoms with E-state index in [2.05, 4.69) is 0 Å². The quantitative estimate of drug-likeness (QED) is 0.830. The van der Waals surface area contributed by atoms with E-state index in [1.54, 1.807) is 30.5 Å². The minimum absolute atomic E-state index is 0.160. The van der Waals surface area contributed by atoms with Crippen LogP contribution in [0.5, 0.6) is 0 Å². The molecule has 1 aromatic carbocycles. The molecular formula is C20H19FN2O4. The highest BCUT2D eigenvalue weighted by molar-refractivity contribution is 5.90. The Kier molecular flexibility index (Phi) is 4.77. The number of hydrogen-bond acceptors (Lipinski definition) is 4. The molecular weight excluding hydrogens is 351 g/mol. The summed E-state index contributed by atoms with van der Waals surface area (Å²) in [4.78, 5) is 25.4. The molecule has 2 aliphatic rings. The number of carbonyl (C=O) groups excluding carboxylic acids is 1. The fourth-order valence-electron chi connectivity index (χ4n) is 3.36. The second kappa shape index (κ2) is 7.36. The van der Waals surface area contributed by atoms with E-state index in [-0.39, 0.29) is 24.5 Å². The van der Waals surface area contributed by atoms with Crippen LogP contribution in [0.4, 0.5) is 14.9 Å². The van der Waals surface area contributed by atoms with Crippen LogP contribution < -0.4 is 10.5 Å². The lowest BCUT2D eigenvalue weighted by Crippen LogP contribution is -2.29. The predicted molar refractivity (Wildman–Crippen MR) is 98.1 cm³/mol. The maximum atomic E-state index is 14.6. The Morgan fingerprint density at radius 2 is 2.07 bits per heavy atom. The number of amides is 1. The zero-order chi connectivity index (χ0) is 18.8. The van der Waals surface area contributed by atoms with Crippen LogP contribution in [0.25, 0.3) is 5.57 Å². The summed E-state index contributed by atoms with van der Waals surface area (Å²) in [6.45, 7) is 1.58. The summed E-state index contributed by atoms with van der Waals surface area (Å²) in [6, 6.07) is 9.60. The van der Waals surface area contributed by atoms with Crippen LogP contribution in [-0.2, 0) is 16.0 Å². The van der Waals surface area contributed by atoms with E-state index in [0.717, 1.165) is 5.57 Å². The zero-order valence-corrected chi connectivity index (χ0v) is 14.6. The van der Waals surface area contributed by atoms with Gasteiger partial charge in [0.25, 0.3) is 5.56 Å². The summed E-state index contributed by atoms with van der Waals surface area (Å²) in [7, 11) is 0. The number of hydrogen-bond donors (Lipinski definition) is 0. The van der Waals surface area contributed by atoms with Gasteiger partial charge in [0.2, 0.25) is 0 Å². The van der Waals surface area contributed by atoms with Gasteiger partial charge in [-0.2, -0.15) is 0 Å². The lowest BCUT2D eigenvalue weighted by molar-refractivity contribution is 0.131. The first-order valence-corrected chi connectivity index (χ1v) is 8.82. The van der Waals surface area contributed by atoms with Crippen molar-refractivity contribution in [3.63, 3.8) is 0 Å². The van der Waals surface area contributed by atoms with Gasteiger partial charge in [-0.05, 0) is 36.3 Å². The first-order chi connectivity index (χ1) is 13.1. The summed E-state index contributed by atoms with van der Waals surface area (Å²) in [5, 5.41) is 0. The number of aromatic nitrogens is 1. The van der Waals surface area contributed by atoms with Crippen molar-refractivity contribution in [2.75, 3.05) is 24.7 Å². The highest BCUT2D eigenvalue weighted by atomic mass is 19.1. The number of carbonyl (C=O) groups is 1. The Balaban J connectivity index is 1.51. The van der Waals surface area contributed by atoms with Crippen LogP contribution in [0.1, 0.15) is 12.0 Å². The molecule has 1 fully saturated rings. The Labute approximate surface area is 155 Å². The third kappa shape index (κ3) is 3.64. The van der Waals surface area contributed by atoms with Gasteiger partial charge in [0.05, 0.1) is 32.0 Å². The molecule has 0 bridgehead atoms. The highest BCUT2D eigenvalue weighted by Crippen LogP contribution is 2.29. The van der Waals surface area contributed by atoms with Crippen molar-refractivity contribution < 1.29 is 18.7 Å². The van der Waals surface area contributed by atoms with Gasteiger partial charge in [0.15, 0.2) is 0 Å². The molecule has 2 aromatic rings. The number of ether oxygens (including phenoxy) is 2. The van der Waals surface area contributed by atoms with E-state index in [4.69, 9.17) is 9.47 Å². The first-order valence-electron chi connectivity index (χ1n) is 8.82. The molecule has 1 atom stereocenters. The number of benzene rings is 1. The van der Waals surface area contributed by atoms with Crippen LogP contribution in [0, 0.1) is 5.82 Å². The molecule has 3 heterocycles. The second-order valence-corrected chi connectivity index (χ2v) is 6.53. The number of halogens is 1. The number of cyclic esters (lactones) is 1. The van der Waals surface area contributed by atoms with Crippen molar-refractivity contribution in [2.24, 2.45) is 0 Å². The van der Waals surface area contributed by atoms with Gasteiger partial charge in [-0.25, -0.2) is 9.18 Å². The average molecular weight is 370 g/mol. The number of pyridine rings is 1. The van der Waals surface area contributed by atoms with Crippen LogP contribution in [0.3, 0.4) is 0 Å². The predicted octanol–water partition coefficient (Wildman–Crippen LogP) is 2.82. The molecule has 4 rings (SSSR count). The lowest BCUT2D eigenvalue weighted by Gasteiger charge is -2.17. The highest BCUT2D eigenvalue weighted by Gasteiger charge is 2.33. The van der Waals surface area contributed by atoms with Crippen LogP contribution in [0.2, 0.25) is 0 Å². The summed E-state index contributed by atoms with van der Waals surface area (Å²) in [6.07, 6.45) is 3.17. The molecule has 1 amide bonds. The molecule has 27 heavy (non-hydrogen) atoms. The van der Waals surface area contributed by atoms with Crippen molar-refractivity contribution in [1.82, 2.24) is 4.57 Å². The van der Waals surface area contributed by atoms with Crippen molar-refractivity contribution >= 4 is 17.4 Å². The summed E-state index contributed by atoms with van der Waals surface area (Å²) < 4.78 is 26.7. The van der Waals surface area contributed by atoms with E-state index >= 15 is 0 Å². The minimum Gasteiger partial charge on any atom is -0.442 e. The van der Waals surface area contributed by atoms with E-state index in [1.807, 2.05) is 6.08 Å². The molecule has 0 N–H and O–H groups in total. The maximum Gasteiger partial charge on any atom is 0.414 e. The van der Waals surface area contributed by atoms with Gasteiger partial charge in [0, 0.05) is 17.8 Å². The maximum absolute atomic E-state index is 14.6. The van der Waals surface area contributed by atoms with E-state index in [9.17, 15) is 14.0 Å². The average Bonchev–Trinajstić information content (AvgIpc) is 3.04. The molecule has 0 radical (unpaired) electrons. The largest absolute Gasteiger partial charge is 0.442 e. The Bertz CT molecular complexity index is 953. The van der Waals surface area contributed by atoms with E-state index in [0.29, 0.717) is 30.9 Å². The smallest absolute Gasteiger partial charge is 0.414 e. The van der Waals surface area contributed by atoms with Crippen molar-refractivity contribution in [2.45, 2.75) is 19.1 Å². The minimum atomic E-state index is -0.540. The monoisotopic (exact) mass is 370 g/mol. The van der Waals surface area contributed by atoms with Gasteiger partial charge >= 0.3 is 6.09 Å². The van der Waals surface area contributed by atoms with Gasteiger partial charge in [0.1, 0.15) is 11.9 Å². The standard InChI is InChI=1S/C20H19FN2O4/c21-18-11-15(4-5-17(18)14-6-9-26-10-7-14)23-13-16(27-20(23)25)12-22-8-2-1-3-19(22)24/h1-6,8,11,16H,7,9-10,12-13H2/t16-/m1/s1. The number of rotatable bonds is 4. The Morgan fingerprint density at radius 1 is 1.19 bits per heavy atom. The Morgan fingerprint density at radius 3 is 2.81 bits per heavy atom. The molecule has 0 saturated carbocycles. The van der Waals surface area contributed by atoms with Crippen LogP contribution >= 0.6 is 0 Å². The molecule has 7 heteroatoms. The lowest BCUT2D eigenvalue weighted by atomic mass is 10.0. The van der Waals surface area contributed by atoms with E-state index in [1.165, 1.54) is 21.6 Å². The molecule has 6 nitrogen and oxygen atoms in total. The van der Waals surface area contributed by atoms with Gasteiger partial charge in [-0.3, -0.25) is 9.69 Å². The summed E-state index contributed by atoms with van der Waals surface area (Å²) in [5.41, 5.74) is 1.72. The van der Waals surface area contributed by atoms with Crippen LogP contribution in [-0.4, -0.2) is 36.5 Å². The molecule has 0 unspecified atom stereocenters. The van der Waals surface area contributed by atoms with Gasteiger partial charge in [-0.15, -0.1) is 0 Å². The Hall–Kier alpha value is -2.93. The SMILES string of the molecule is O=C1O[C@H](Cn2ccccc2=O)CN1c1ccc(C2=CCOCC2)c(F)c1. The zero-order valence-electron chi connectivity index (χ0n) is 14.6. The number of nitrogens with zero attached hydrogens (tertiary/aromatic N) is 2. The van der Waals surface area contributed by atoms with Crippen LogP contribution in [0.15, 0.2) is 53.5 Å². The molecule has 2 aliphatic heterocycles. The third-order valence-corrected chi connectivity index (χ3v) is 4.75. The van der Waals surface area contributed by atoms with Gasteiger partial charge < -0.3 is 14.0 Å².